The third-order valence-corrected chi connectivity index (χ3v) is 7.09. The van der Waals surface area contributed by atoms with E-state index in [0.29, 0.717) is 32.4 Å². The van der Waals surface area contributed by atoms with Gasteiger partial charge in [-0.3, -0.25) is 4.98 Å². The van der Waals surface area contributed by atoms with Crippen molar-refractivity contribution in [1.29, 1.82) is 0 Å². The monoisotopic (exact) mass is 435 g/mol. The van der Waals surface area contributed by atoms with Crippen LogP contribution in [-0.4, -0.2) is 46.3 Å². The zero-order valence-electron chi connectivity index (χ0n) is 17.0. The van der Waals surface area contributed by atoms with Gasteiger partial charge in [-0.1, -0.05) is 25.2 Å². The highest BCUT2D eigenvalue weighted by atomic mass is 19.4. The first-order chi connectivity index (χ1) is 14.6. The molecule has 166 valence electrons. The summed E-state index contributed by atoms with van der Waals surface area (Å²) in [5.41, 5.74) is -1.33. The molecule has 1 aromatic rings. The van der Waals surface area contributed by atoms with Gasteiger partial charge in [0.15, 0.2) is 0 Å². The van der Waals surface area contributed by atoms with E-state index in [0.717, 1.165) is 0 Å². The lowest BCUT2D eigenvalue weighted by molar-refractivity contribution is -0.111. The Balaban J connectivity index is 1.42. The van der Waals surface area contributed by atoms with E-state index in [4.69, 9.17) is 0 Å². The Bertz CT molecular complexity index is 945. The maximum Gasteiger partial charge on any atom is 0.413 e. The molecular formula is C22H24F3N3O3. The first-order valence-corrected chi connectivity index (χ1v) is 10.3. The minimum Gasteiger partial charge on any atom is -0.478 e. The van der Waals surface area contributed by atoms with Crippen LogP contribution in [0.2, 0.25) is 0 Å². The number of carbonyl (C=O) groups excluding carboxylic acids is 1. The van der Waals surface area contributed by atoms with E-state index in [2.05, 4.69) is 10.3 Å². The number of hydrogen-bond acceptors (Lipinski definition) is 3. The first-order valence-electron chi connectivity index (χ1n) is 10.3. The molecule has 2 aliphatic carbocycles. The molecule has 1 aromatic heterocycles. The van der Waals surface area contributed by atoms with Crippen molar-refractivity contribution in [2.45, 2.75) is 32.4 Å². The SMILES string of the molecule is CC1([C@@H]2C[C@@H]3CN(C(=O)Nc4ccncc4C(=O)O)C[C@@H]3C2)CC=CC=C1C(F)(F)F. The Morgan fingerprint density at radius 3 is 2.55 bits per heavy atom. The number of aromatic carboxylic acids is 1. The molecular weight excluding hydrogens is 411 g/mol. The number of halogens is 3. The molecule has 2 N–H and O–H groups in total. The number of nitrogens with zero attached hydrogens (tertiary/aromatic N) is 2. The van der Waals surface area contributed by atoms with Crippen LogP contribution in [0, 0.1) is 23.2 Å². The summed E-state index contributed by atoms with van der Waals surface area (Å²) in [7, 11) is 0. The van der Waals surface area contributed by atoms with Crippen LogP contribution in [0.3, 0.4) is 0 Å². The number of fused-ring (bicyclic) bond motifs is 1. The lowest BCUT2D eigenvalue weighted by Crippen LogP contribution is -2.38. The largest absolute Gasteiger partial charge is 0.478 e. The number of allylic oxidation sites excluding steroid dienone is 4. The second-order valence-electron chi connectivity index (χ2n) is 8.88. The lowest BCUT2D eigenvalue weighted by atomic mass is 9.66. The third kappa shape index (κ3) is 3.93. The van der Waals surface area contributed by atoms with Crippen molar-refractivity contribution in [1.82, 2.24) is 9.88 Å². The van der Waals surface area contributed by atoms with Gasteiger partial charge in [0.05, 0.1) is 5.69 Å². The van der Waals surface area contributed by atoms with Crippen LogP contribution < -0.4 is 5.32 Å². The molecule has 2 heterocycles. The lowest BCUT2D eigenvalue weighted by Gasteiger charge is -2.40. The van der Waals surface area contributed by atoms with E-state index in [1.165, 1.54) is 30.6 Å². The molecule has 0 aromatic carbocycles. The first kappa shape index (κ1) is 21.4. The topological polar surface area (TPSA) is 82.5 Å². The minimum atomic E-state index is -4.35. The maximum absolute atomic E-state index is 13.6. The van der Waals surface area contributed by atoms with Gasteiger partial charge in [-0.25, -0.2) is 9.59 Å². The molecule has 1 unspecified atom stereocenters. The summed E-state index contributed by atoms with van der Waals surface area (Å²) in [6, 6.07) is 1.03. The van der Waals surface area contributed by atoms with Gasteiger partial charge in [-0.15, -0.1) is 0 Å². The van der Waals surface area contributed by atoms with E-state index < -0.39 is 29.2 Å². The predicted octanol–water partition coefficient (Wildman–Crippen LogP) is 4.72. The molecule has 6 nitrogen and oxygen atoms in total. The van der Waals surface area contributed by atoms with Gasteiger partial charge in [-0.05, 0) is 43.1 Å². The van der Waals surface area contributed by atoms with Crippen molar-refractivity contribution >= 4 is 17.7 Å². The molecule has 1 saturated heterocycles. The zero-order chi connectivity index (χ0) is 22.4. The average molecular weight is 435 g/mol. The number of carbonyl (C=O) groups is 2. The molecule has 1 aliphatic heterocycles. The molecule has 0 radical (unpaired) electrons. The van der Waals surface area contributed by atoms with Crippen LogP contribution >= 0.6 is 0 Å². The van der Waals surface area contributed by atoms with Crippen LogP contribution in [0.5, 0.6) is 0 Å². The van der Waals surface area contributed by atoms with E-state index in [-0.39, 0.29) is 29.0 Å². The van der Waals surface area contributed by atoms with E-state index in [1.54, 1.807) is 17.9 Å². The number of carboxylic acid groups (broad SMARTS) is 1. The van der Waals surface area contributed by atoms with Crippen molar-refractivity contribution in [2.75, 3.05) is 18.4 Å². The fourth-order valence-electron chi connectivity index (χ4n) is 5.44. The van der Waals surface area contributed by atoms with Gasteiger partial charge in [0.2, 0.25) is 0 Å². The van der Waals surface area contributed by atoms with Crippen molar-refractivity contribution in [3.63, 3.8) is 0 Å². The fraction of sp³-hybridized carbons (Fsp3) is 0.500. The zero-order valence-corrected chi connectivity index (χ0v) is 17.0. The number of carboxylic acids is 1. The fourth-order valence-corrected chi connectivity index (χ4v) is 5.44. The maximum atomic E-state index is 13.6. The number of nitrogens with one attached hydrogen (secondary N) is 1. The van der Waals surface area contributed by atoms with Gasteiger partial charge in [0.25, 0.3) is 0 Å². The number of alkyl halides is 3. The van der Waals surface area contributed by atoms with Gasteiger partial charge >= 0.3 is 18.2 Å². The van der Waals surface area contributed by atoms with Crippen LogP contribution in [0.1, 0.15) is 36.5 Å². The Morgan fingerprint density at radius 1 is 1.26 bits per heavy atom. The number of likely N-dealkylation sites (tertiary alicyclic amines) is 1. The number of hydrogen-bond donors (Lipinski definition) is 2. The van der Waals surface area contributed by atoms with E-state index in [9.17, 15) is 27.9 Å². The number of rotatable bonds is 3. The second kappa shape index (κ2) is 7.69. The highest BCUT2D eigenvalue weighted by Gasteiger charge is 2.54. The predicted molar refractivity (Wildman–Crippen MR) is 107 cm³/mol. The quantitative estimate of drug-likeness (QED) is 0.720. The molecule has 4 rings (SSSR count). The molecule has 1 saturated carbocycles. The van der Waals surface area contributed by atoms with Crippen molar-refractivity contribution in [2.24, 2.45) is 23.2 Å². The molecule has 31 heavy (non-hydrogen) atoms. The van der Waals surface area contributed by atoms with Crippen molar-refractivity contribution < 1.29 is 27.9 Å². The van der Waals surface area contributed by atoms with Crippen LogP contribution in [0.25, 0.3) is 0 Å². The molecule has 2 fully saturated rings. The number of aromatic nitrogens is 1. The van der Waals surface area contributed by atoms with Gasteiger partial charge in [-0.2, -0.15) is 13.2 Å². The Kier molecular flexibility index (Phi) is 5.31. The third-order valence-electron chi connectivity index (χ3n) is 7.09. The van der Waals surface area contributed by atoms with Crippen LogP contribution in [-0.2, 0) is 0 Å². The van der Waals surface area contributed by atoms with Crippen LogP contribution in [0.15, 0.2) is 42.3 Å². The standard InChI is InChI=1S/C22H24F3N3O3/c1-21(6-3-2-4-18(21)22(23,24)25)15-8-13-11-28(12-14(13)9-15)20(31)27-17-5-7-26-10-16(17)19(29)30/h2-5,7,10,13-15H,6,8-9,11-12H2,1H3,(H,29,30)(H,26,27,31)/t13-,14+,15-,21?. The summed E-state index contributed by atoms with van der Waals surface area (Å²) in [6.07, 6.45) is 4.36. The van der Waals surface area contributed by atoms with Gasteiger partial charge in [0.1, 0.15) is 5.56 Å². The molecule has 9 heteroatoms. The number of urea groups is 1. The number of amides is 2. The molecule has 4 atom stereocenters. The second-order valence-corrected chi connectivity index (χ2v) is 8.88. The van der Waals surface area contributed by atoms with Crippen LogP contribution in [0.4, 0.5) is 23.7 Å². The van der Waals surface area contributed by atoms with Crippen molar-refractivity contribution in [3.05, 3.63) is 47.8 Å². The highest BCUT2D eigenvalue weighted by molar-refractivity contribution is 5.99. The highest BCUT2D eigenvalue weighted by Crippen LogP contribution is 2.56. The van der Waals surface area contributed by atoms with Crippen molar-refractivity contribution in [3.8, 4) is 0 Å². The van der Waals surface area contributed by atoms with E-state index >= 15 is 0 Å². The Hall–Kier alpha value is -2.84. The molecule has 2 amide bonds. The molecule has 0 spiro atoms. The van der Waals surface area contributed by atoms with E-state index in [1.807, 2.05) is 0 Å². The molecule has 3 aliphatic rings. The van der Waals surface area contributed by atoms with Gasteiger partial charge in [0, 0.05) is 36.5 Å². The number of pyridine rings is 1. The summed E-state index contributed by atoms with van der Waals surface area (Å²) in [5, 5.41) is 11.9. The normalized spacial score (nSPS) is 30.1. The summed E-state index contributed by atoms with van der Waals surface area (Å²) in [4.78, 5) is 29.4. The summed E-state index contributed by atoms with van der Waals surface area (Å²) in [5.74, 6) is -0.995. The Labute approximate surface area is 177 Å². The number of anilines is 1. The Morgan fingerprint density at radius 2 is 1.94 bits per heavy atom. The summed E-state index contributed by atoms with van der Waals surface area (Å²) in [6.45, 7) is 2.62. The average Bonchev–Trinajstić information content (AvgIpc) is 3.27. The summed E-state index contributed by atoms with van der Waals surface area (Å²) >= 11 is 0. The summed E-state index contributed by atoms with van der Waals surface area (Å²) < 4.78 is 40.9. The smallest absolute Gasteiger partial charge is 0.413 e. The van der Waals surface area contributed by atoms with Gasteiger partial charge < -0.3 is 15.3 Å². The minimum absolute atomic E-state index is 0.0932. The molecule has 0 bridgehead atoms.